The Morgan fingerprint density at radius 2 is 1.14 bits per heavy atom. The van der Waals surface area contributed by atoms with Crippen molar-refractivity contribution in [2.75, 3.05) is 13.2 Å². The minimum Gasteiger partial charge on any atom is -0.465 e. The Morgan fingerprint density at radius 1 is 0.793 bits per heavy atom. The summed E-state index contributed by atoms with van der Waals surface area (Å²) in [5, 5.41) is 0. The smallest absolute Gasteiger partial charge is 0.320 e. The van der Waals surface area contributed by atoms with Crippen molar-refractivity contribution in [3.05, 3.63) is 68.6 Å². The summed E-state index contributed by atoms with van der Waals surface area (Å²) in [4.78, 5) is 25.7. The molecule has 0 aliphatic heterocycles. The molecule has 0 saturated carbocycles. The molecule has 0 bridgehead atoms. The quantitative estimate of drug-likeness (QED) is 0.309. The molecule has 0 N–H and O–H groups in total. The fourth-order valence-electron chi connectivity index (χ4n) is 3.52. The highest BCUT2D eigenvalue weighted by Gasteiger charge is 2.46. The molecule has 4 nitrogen and oxygen atoms in total. The minimum atomic E-state index is -1.02. The van der Waals surface area contributed by atoms with Gasteiger partial charge in [-0.05, 0) is 67.5 Å². The largest absolute Gasteiger partial charge is 0.465 e. The molecule has 0 aromatic heterocycles. The van der Waals surface area contributed by atoms with Gasteiger partial charge in [0, 0.05) is 8.95 Å². The molecule has 0 amide bonds. The molecule has 0 atom stereocenters. The van der Waals surface area contributed by atoms with E-state index in [2.05, 4.69) is 31.9 Å². The highest BCUT2D eigenvalue weighted by atomic mass is 79.9. The predicted molar refractivity (Wildman–Crippen MR) is 121 cm³/mol. The van der Waals surface area contributed by atoms with Gasteiger partial charge in [-0.15, -0.1) is 0 Å². The van der Waals surface area contributed by atoms with Gasteiger partial charge in [0.2, 0.25) is 0 Å². The summed E-state index contributed by atoms with van der Waals surface area (Å²) in [5.41, 5.74) is 1.35. The Hall–Kier alpha value is -1.66. The summed E-state index contributed by atoms with van der Waals surface area (Å²) < 4.78 is 12.5. The minimum absolute atomic E-state index is 0.210. The zero-order chi connectivity index (χ0) is 21.4. The summed E-state index contributed by atoms with van der Waals surface area (Å²) >= 11 is 6.90. The fraction of sp³-hybridized carbons (Fsp3) is 0.391. The van der Waals surface area contributed by atoms with E-state index in [0.717, 1.165) is 20.1 Å². The van der Waals surface area contributed by atoms with Crippen LogP contribution in [-0.4, -0.2) is 25.2 Å². The van der Waals surface area contributed by atoms with E-state index in [9.17, 15) is 9.59 Å². The first-order valence-electron chi connectivity index (χ1n) is 9.61. The average molecular weight is 526 g/mol. The van der Waals surface area contributed by atoms with Crippen molar-refractivity contribution in [3.63, 3.8) is 0 Å². The van der Waals surface area contributed by atoms with Crippen LogP contribution >= 0.6 is 31.9 Å². The second-order valence-corrected chi connectivity index (χ2v) is 9.03. The molecule has 0 saturated heterocycles. The number of halogens is 2. The second kappa shape index (κ2) is 10.9. The summed E-state index contributed by atoms with van der Waals surface area (Å²) in [7, 11) is 0. The summed E-state index contributed by atoms with van der Waals surface area (Å²) in [6.45, 7) is 5.85. The van der Waals surface area contributed by atoms with Gasteiger partial charge < -0.3 is 9.47 Å². The molecule has 6 heteroatoms. The van der Waals surface area contributed by atoms with Gasteiger partial charge in [0.1, 0.15) is 0 Å². The molecule has 0 fully saturated rings. The number of ether oxygens (including phenoxy) is 2. The highest BCUT2D eigenvalue weighted by Crippen LogP contribution is 2.38. The standard InChI is InChI=1S/C23H26Br2O4/c1-4-28-21(26)20(22(27)29-5-2)23(3,14-16-6-10-18(24)11-7-16)15-17-8-12-19(25)13-9-17/h6-13,20H,4-5,14-15H2,1-3H3. The summed E-state index contributed by atoms with van der Waals surface area (Å²) in [6, 6.07) is 15.8. The van der Waals surface area contributed by atoms with Gasteiger partial charge in [-0.1, -0.05) is 63.0 Å². The normalized spacial score (nSPS) is 11.4. The first kappa shape index (κ1) is 23.6. The van der Waals surface area contributed by atoms with Crippen LogP contribution < -0.4 is 0 Å². The van der Waals surface area contributed by atoms with E-state index < -0.39 is 23.3 Å². The molecule has 156 valence electrons. The van der Waals surface area contributed by atoms with Gasteiger partial charge in [0.15, 0.2) is 5.92 Å². The van der Waals surface area contributed by atoms with Crippen LogP contribution in [0.1, 0.15) is 31.9 Å². The van der Waals surface area contributed by atoms with Crippen LogP contribution in [0, 0.1) is 11.3 Å². The molecule has 0 radical (unpaired) electrons. The van der Waals surface area contributed by atoms with Gasteiger partial charge >= 0.3 is 11.9 Å². The van der Waals surface area contributed by atoms with E-state index >= 15 is 0 Å². The molecular weight excluding hydrogens is 500 g/mol. The number of hydrogen-bond acceptors (Lipinski definition) is 4. The number of benzene rings is 2. The van der Waals surface area contributed by atoms with Crippen LogP contribution in [-0.2, 0) is 31.9 Å². The van der Waals surface area contributed by atoms with E-state index in [1.807, 2.05) is 55.5 Å². The van der Waals surface area contributed by atoms with Gasteiger partial charge in [0.05, 0.1) is 13.2 Å². The van der Waals surface area contributed by atoms with Gasteiger partial charge in [-0.2, -0.15) is 0 Å². The number of esters is 2. The molecule has 2 rings (SSSR count). The molecule has 0 aliphatic carbocycles. The monoisotopic (exact) mass is 524 g/mol. The van der Waals surface area contributed by atoms with Gasteiger partial charge in [0.25, 0.3) is 0 Å². The first-order chi connectivity index (χ1) is 13.8. The number of carbonyl (C=O) groups excluding carboxylic acids is 2. The molecule has 0 aliphatic rings. The lowest BCUT2D eigenvalue weighted by atomic mass is 9.69. The second-order valence-electron chi connectivity index (χ2n) is 7.20. The molecule has 29 heavy (non-hydrogen) atoms. The van der Waals surface area contributed by atoms with Crippen LogP contribution in [0.3, 0.4) is 0 Å². The van der Waals surface area contributed by atoms with Crippen molar-refractivity contribution in [2.45, 2.75) is 33.6 Å². The fourth-order valence-corrected chi connectivity index (χ4v) is 4.05. The van der Waals surface area contributed by atoms with Crippen molar-refractivity contribution >= 4 is 43.8 Å². The topological polar surface area (TPSA) is 52.6 Å². The SMILES string of the molecule is CCOC(=O)C(C(=O)OCC)C(C)(Cc1ccc(Br)cc1)Cc1ccc(Br)cc1. The van der Waals surface area contributed by atoms with E-state index in [1.54, 1.807) is 13.8 Å². The predicted octanol–water partition coefficient (Wildman–Crippen LogP) is 5.75. The summed E-state index contributed by atoms with van der Waals surface area (Å²) in [6.07, 6.45) is 1.05. The molecular formula is C23H26Br2O4. The Labute approximate surface area is 189 Å². The third-order valence-electron chi connectivity index (χ3n) is 4.78. The maximum Gasteiger partial charge on any atom is 0.320 e. The first-order valence-corrected chi connectivity index (χ1v) is 11.2. The van der Waals surface area contributed by atoms with Crippen molar-refractivity contribution < 1.29 is 19.1 Å². The third kappa shape index (κ3) is 6.68. The average Bonchev–Trinajstić information content (AvgIpc) is 2.66. The Balaban J connectivity index is 2.47. The van der Waals surface area contributed by atoms with Crippen molar-refractivity contribution in [1.29, 1.82) is 0 Å². The Kier molecular flexibility index (Phi) is 8.90. The zero-order valence-corrected chi connectivity index (χ0v) is 20.1. The summed E-state index contributed by atoms with van der Waals surface area (Å²) in [5.74, 6) is -2.10. The van der Waals surface area contributed by atoms with Crippen LogP contribution in [0.4, 0.5) is 0 Å². The van der Waals surface area contributed by atoms with E-state index in [4.69, 9.17) is 9.47 Å². The van der Waals surface area contributed by atoms with Crippen molar-refractivity contribution in [1.82, 2.24) is 0 Å². The molecule has 0 unspecified atom stereocenters. The maximum absolute atomic E-state index is 12.9. The van der Waals surface area contributed by atoms with Gasteiger partial charge in [-0.3, -0.25) is 9.59 Å². The number of hydrogen-bond donors (Lipinski definition) is 0. The lowest BCUT2D eigenvalue weighted by Crippen LogP contribution is -2.44. The third-order valence-corrected chi connectivity index (χ3v) is 5.84. The van der Waals surface area contributed by atoms with Gasteiger partial charge in [-0.25, -0.2) is 0 Å². The van der Waals surface area contributed by atoms with Crippen molar-refractivity contribution in [3.8, 4) is 0 Å². The lowest BCUT2D eigenvalue weighted by Gasteiger charge is -2.35. The van der Waals surface area contributed by atoms with E-state index in [0.29, 0.717) is 12.8 Å². The molecule has 0 heterocycles. The maximum atomic E-state index is 12.9. The lowest BCUT2D eigenvalue weighted by molar-refractivity contribution is -0.168. The molecule has 2 aromatic carbocycles. The molecule has 0 spiro atoms. The number of rotatable bonds is 9. The van der Waals surface area contributed by atoms with Crippen molar-refractivity contribution in [2.24, 2.45) is 11.3 Å². The van der Waals surface area contributed by atoms with Crippen LogP contribution in [0.25, 0.3) is 0 Å². The van der Waals surface area contributed by atoms with Crippen LogP contribution in [0.2, 0.25) is 0 Å². The Morgan fingerprint density at radius 3 is 1.45 bits per heavy atom. The Bertz CT molecular complexity index is 750. The number of carbonyl (C=O) groups is 2. The molecule has 2 aromatic rings. The van der Waals surface area contributed by atoms with Crippen LogP contribution in [0.5, 0.6) is 0 Å². The van der Waals surface area contributed by atoms with Crippen LogP contribution in [0.15, 0.2) is 57.5 Å². The highest BCUT2D eigenvalue weighted by molar-refractivity contribution is 9.10. The van der Waals surface area contributed by atoms with E-state index in [-0.39, 0.29) is 13.2 Å². The van der Waals surface area contributed by atoms with E-state index in [1.165, 1.54) is 0 Å². The zero-order valence-electron chi connectivity index (χ0n) is 16.9.